The number of hydrogen-bond donors (Lipinski definition) is 2. The minimum atomic E-state index is -0.455. The fourth-order valence-electron chi connectivity index (χ4n) is 2.17. The van der Waals surface area contributed by atoms with Gasteiger partial charge in [0.1, 0.15) is 17.5 Å². The molecule has 2 aromatic carbocycles. The van der Waals surface area contributed by atoms with Gasteiger partial charge >= 0.3 is 0 Å². The summed E-state index contributed by atoms with van der Waals surface area (Å²) in [4.78, 5) is 12.4. The molecule has 0 radical (unpaired) electrons. The van der Waals surface area contributed by atoms with Crippen LogP contribution < -0.4 is 20.1 Å². The van der Waals surface area contributed by atoms with Crippen molar-refractivity contribution in [3.8, 4) is 11.5 Å². The molecule has 0 spiro atoms. The maximum atomic E-state index is 12.4. The van der Waals surface area contributed by atoms with Crippen LogP contribution in [0.2, 0.25) is 5.02 Å². The molecule has 2 aromatic rings. The van der Waals surface area contributed by atoms with E-state index < -0.39 is 6.04 Å². The first kappa shape index (κ1) is 17.9. The molecule has 2 N–H and O–H groups in total. The number of amides is 1. The molecule has 5 nitrogen and oxygen atoms in total. The quantitative estimate of drug-likeness (QED) is 0.787. The Hall–Kier alpha value is -2.40. The van der Waals surface area contributed by atoms with E-state index in [-0.39, 0.29) is 5.91 Å². The van der Waals surface area contributed by atoms with E-state index in [4.69, 9.17) is 21.1 Å². The molecule has 0 aliphatic rings. The van der Waals surface area contributed by atoms with E-state index >= 15 is 0 Å². The van der Waals surface area contributed by atoms with Crippen LogP contribution >= 0.6 is 11.6 Å². The molecule has 0 aliphatic carbocycles. The van der Waals surface area contributed by atoms with Gasteiger partial charge in [-0.15, -0.1) is 0 Å². The maximum absolute atomic E-state index is 12.4. The lowest BCUT2D eigenvalue weighted by molar-refractivity contribution is -0.116. The fraction of sp³-hybridized carbons (Fsp3) is 0.278. The molecule has 0 heterocycles. The molecule has 1 amide bonds. The highest BCUT2D eigenvalue weighted by atomic mass is 35.5. The Kier molecular flexibility index (Phi) is 6.32. The van der Waals surface area contributed by atoms with Crippen LogP contribution in [0.5, 0.6) is 11.5 Å². The van der Waals surface area contributed by atoms with Gasteiger partial charge in [0, 0.05) is 5.69 Å². The Morgan fingerprint density at radius 2 is 1.96 bits per heavy atom. The summed E-state index contributed by atoms with van der Waals surface area (Å²) in [6.45, 7) is 4.21. The molecule has 1 unspecified atom stereocenters. The molecule has 128 valence electrons. The van der Waals surface area contributed by atoms with Crippen LogP contribution in [0.3, 0.4) is 0 Å². The summed E-state index contributed by atoms with van der Waals surface area (Å²) >= 11 is 6.16. The van der Waals surface area contributed by atoms with Crippen LogP contribution in [0.15, 0.2) is 42.5 Å². The molecule has 0 aromatic heterocycles. The molecule has 0 aliphatic heterocycles. The van der Waals surface area contributed by atoms with Gasteiger partial charge in [0.2, 0.25) is 5.91 Å². The number of ether oxygens (including phenoxy) is 2. The monoisotopic (exact) mass is 348 g/mol. The number of halogens is 1. The normalized spacial score (nSPS) is 11.5. The SMILES string of the molecule is CCOc1ccc(NC(C)C(=O)Nc2ccccc2OC)cc1Cl. The standard InChI is InChI=1S/C18H21ClN2O3/c1-4-24-16-10-9-13(11-14(16)19)20-12(2)18(22)21-15-7-5-6-8-17(15)23-3/h5-12,20H,4H2,1-3H3,(H,21,22). The Morgan fingerprint density at radius 3 is 2.62 bits per heavy atom. The van der Waals surface area contributed by atoms with Crippen LogP contribution in [0.1, 0.15) is 13.8 Å². The predicted molar refractivity (Wildman–Crippen MR) is 97.3 cm³/mol. The highest BCUT2D eigenvalue weighted by Gasteiger charge is 2.15. The van der Waals surface area contributed by atoms with Gasteiger partial charge < -0.3 is 20.1 Å². The van der Waals surface area contributed by atoms with Gasteiger partial charge in [-0.05, 0) is 44.2 Å². The number of hydrogen-bond acceptors (Lipinski definition) is 4. The van der Waals surface area contributed by atoms with Crippen molar-refractivity contribution in [3.05, 3.63) is 47.5 Å². The maximum Gasteiger partial charge on any atom is 0.246 e. The second-order valence-electron chi connectivity index (χ2n) is 5.13. The van der Waals surface area contributed by atoms with Crippen molar-refractivity contribution in [1.29, 1.82) is 0 Å². The van der Waals surface area contributed by atoms with Gasteiger partial charge in [0.05, 0.1) is 24.4 Å². The number of benzene rings is 2. The van der Waals surface area contributed by atoms with Crippen LogP contribution in [0, 0.1) is 0 Å². The first-order chi connectivity index (χ1) is 11.5. The van der Waals surface area contributed by atoms with Crippen molar-refractivity contribution >= 4 is 28.9 Å². The second-order valence-corrected chi connectivity index (χ2v) is 5.54. The van der Waals surface area contributed by atoms with Crippen LogP contribution in [0.25, 0.3) is 0 Å². The van der Waals surface area contributed by atoms with Gasteiger partial charge in [-0.3, -0.25) is 4.79 Å². The predicted octanol–water partition coefficient (Wildman–Crippen LogP) is 4.19. The van der Waals surface area contributed by atoms with E-state index in [1.165, 1.54) is 0 Å². The van der Waals surface area contributed by atoms with Gasteiger partial charge in [-0.1, -0.05) is 23.7 Å². The summed E-state index contributed by atoms with van der Waals surface area (Å²) in [7, 11) is 1.56. The minimum absolute atomic E-state index is 0.176. The zero-order chi connectivity index (χ0) is 17.5. The number of methoxy groups -OCH3 is 1. The largest absolute Gasteiger partial charge is 0.495 e. The zero-order valence-electron chi connectivity index (χ0n) is 13.9. The van der Waals surface area contributed by atoms with E-state index in [0.29, 0.717) is 28.8 Å². The summed E-state index contributed by atoms with van der Waals surface area (Å²) in [6, 6.07) is 12.1. The summed E-state index contributed by atoms with van der Waals surface area (Å²) < 4.78 is 10.6. The number of para-hydroxylation sites is 2. The van der Waals surface area contributed by atoms with Gasteiger partial charge in [-0.2, -0.15) is 0 Å². The van der Waals surface area contributed by atoms with Crippen molar-refractivity contribution in [3.63, 3.8) is 0 Å². The summed E-state index contributed by atoms with van der Waals surface area (Å²) in [5.41, 5.74) is 1.37. The van der Waals surface area contributed by atoms with Crippen molar-refractivity contribution in [1.82, 2.24) is 0 Å². The van der Waals surface area contributed by atoms with E-state index in [0.717, 1.165) is 5.69 Å². The number of carbonyl (C=O) groups is 1. The third-order valence-corrected chi connectivity index (χ3v) is 3.67. The van der Waals surface area contributed by atoms with Crippen molar-refractivity contribution in [2.45, 2.75) is 19.9 Å². The number of rotatable bonds is 7. The van der Waals surface area contributed by atoms with Crippen LogP contribution in [-0.4, -0.2) is 25.7 Å². The summed E-state index contributed by atoms with van der Waals surface area (Å²) in [5, 5.41) is 6.46. The smallest absolute Gasteiger partial charge is 0.246 e. The number of anilines is 2. The Balaban J connectivity index is 2.02. The lowest BCUT2D eigenvalue weighted by Gasteiger charge is -2.17. The third-order valence-electron chi connectivity index (χ3n) is 3.37. The Labute approximate surface area is 146 Å². The van der Waals surface area contributed by atoms with Crippen molar-refractivity contribution in [2.75, 3.05) is 24.4 Å². The highest BCUT2D eigenvalue weighted by Crippen LogP contribution is 2.28. The minimum Gasteiger partial charge on any atom is -0.495 e. The number of nitrogens with one attached hydrogen (secondary N) is 2. The molecule has 1 atom stereocenters. The average molecular weight is 349 g/mol. The molecule has 24 heavy (non-hydrogen) atoms. The first-order valence-electron chi connectivity index (χ1n) is 7.68. The first-order valence-corrected chi connectivity index (χ1v) is 8.05. The van der Waals surface area contributed by atoms with Crippen molar-refractivity contribution in [2.24, 2.45) is 0 Å². The van der Waals surface area contributed by atoms with E-state index in [1.807, 2.05) is 25.1 Å². The molecule has 0 saturated carbocycles. The molecular formula is C18H21ClN2O3. The van der Waals surface area contributed by atoms with Crippen LogP contribution in [-0.2, 0) is 4.79 Å². The average Bonchev–Trinajstić information content (AvgIpc) is 2.58. The van der Waals surface area contributed by atoms with E-state index in [9.17, 15) is 4.79 Å². The van der Waals surface area contributed by atoms with Gasteiger partial charge in [0.15, 0.2) is 0 Å². The number of carbonyl (C=O) groups excluding carboxylic acids is 1. The molecule has 0 bridgehead atoms. The van der Waals surface area contributed by atoms with Gasteiger partial charge in [0.25, 0.3) is 0 Å². The molecule has 2 rings (SSSR count). The topological polar surface area (TPSA) is 59.6 Å². The second kappa shape index (κ2) is 8.45. The van der Waals surface area contributed by atoms with Crippen molar-refractivity contribution < 1.29 is 14.3 Å². The highest BCUT2D eigenvalue weighted by molar-refractivity contribution is 6.32. The zero-order valence-corrected chi connectivity index (χ0v) is 14.7. The lowest BCUT2D eigenvalue weighted by atomic mass is 10.2. The lowest BCUT2D eigenvalue weighted by Crippen LogP contribution is -2.32. The van der Waals surface area contributed by atoms with E-state index in [1.54, 1.807) is 38.3 Å². The fourth-order valence-corrected chi connectivity index (χ4v) is 2.40. The Morgan fingerprint density at radius 1 is 1.21 bits per heavy atom. The Bertz CT molecular complexity index is 706. The third kappa shape index (κ3) is 4.55. The summed E-state index contributed by atoms with van der Waals surface area (Å²) in [6.07, 6.45) is 0. The van der Waals surface area contributed by atoms with Gasteiger partial charge in [-0.25, -0.2) is 0 Å². The molecule has 6 heteroatoms. The molecule has 0 fully saturated rings. The van der Waals surface area contributed by atoms with E-state index in [2.05, 4.69) is 10.6 Å². The van der Waals surface area contributed by atoms with Crippen LogP contribution in [0.4, 0.5) is 11.4 Å². The molecule has 0 saturated heterocycles. The summed E-state index contributed by atoms with van der Waals surface area (Å²) in [5.74, 6) is 1.06. The molecular weight excluding hydrogens is 328 g/mol.